The van der Waals surface area contributed by atoms with Gasteiger partial charge in [-0.25, -0.2) is 0 Å². The fourth-order valence-corrected chi connectivity index (χ4v) is 9.08. The molecule has 0 spiro atoms. The molecular formula is C39H88N2O12S7. The molecule has 6 N–H and O–H groups in total. The van der Waals surface area contributed by atoms with Crippen LogP contribution in [0.5, 0.6) is 0 Å². The summed E-state index contributed by atoms with van der Waals surface area (Å²) in [7, 11) is 5.30. The third kappa shape index (κ3) is 15.8. The number of cyclic esters (lactones) is 1. The molecule has 14 nitrogen and oxygen atoms in total. The molecule has 3 aliphatic rings. The number of methoxy groups -OCH3 is 1. The summed E-state index contributed by atoms with van der Waals surface area (Å²) in [4.78, 5) is 16.2. The molecule has 0 saturated carbocycles. The van der Waals surface area contributed by atoms with E-state index in [1.165, 1.54) is 14.0 Å². The summed E-state index contributed by atoms with van der Waals surface area (Å²) < 4.78 is 38.0. The lowest BCUT2D eigenvalue weighted by Crippen LogP contribution is -2.66. The van der Waals surface area contributed by atoms with Crippen molar-refractivity contribution in [1.82, 2.24) is 10.2 Å². The van der Waals surface area contributed by atoms with Crippen molar-refractivity contribution < 1.29 is 58.7 Å². The summed E-state index contributed by atoms with van der Waals surface area (Å²) >= 11 is 0. The summed E-state index contributed by atoms with van der Waals surface area (Å²) in [6.07, 6.45) is -7.03. The van der Waals surface area contributed by atoms with Crippen molar-refractivity contribution in [2.45, 2.75) is 198 Å². The summed E-state index contributed by atoms with van der Waals surface area (Å²) in [5.74, 6) is -2.63. The number of hydrogen-bond acceptors (Lipinski definition) is 14. The van der Waals surface area contributed by atoms with Gasteiger partial charge in [0.05, 0.1) is 35.9 Å². The van der Waals surface area contributed by atoms with Gasteiger partial charge in [-0.1, -0.05) is 27.7 Å². The van der Waals surface area contributed by atoms with Crippen molar-refractivity contribution >= 4 is 100 Å². The summed E-state index contributed by atoms with van der Waals surface area (Å²) in [6.45, 7) is 19.8. The largest absolute Gasteiger partial charge is 0.459 e. The lowest BCUT2D eigenvalue weighted by Gasteiger charge is -2.53. The zero-order valence-corrected chi connectivity index (χ0v) is 45.4. The van der Waals surface area contributed by atoms with E-state index in [2.05, 4.69) is 5.32 Å². The van der Waals surface area contributed by atoms with Crippen LogP contribution in [0.25, 0.3) is 0 Å². The third-order valence-corrected chi connectivity index (χ3v) is 12.7. The van der Waals surface area contributed by atoms with E-state index in [-0.39, 0.29) is 132 Å². The van der Waals surface area contributed by atoms with Gasteiger partial charge in [-0.05, 0) is 101 Å². The minimum absolute atomic E-state index is 0. The van der Waals surface area contributed by atoms with Crippen LogP contribution in [0.2, 0.25) is 0 Å². The van der Waals surface area contributed by atoms with Crippen molar-refractivity contribution in [1.29, 1.82) is 0 Å². The molecule has 60 heavy (non-hydrogen) atoms. The Balaban J connectivity index is -0.00000144. The normalized spacial score (nSPS) is 44.1. The molecule has 0 amide bonds. The highest BCUT2D eigenvalue weighted by molar-refractivity contribution is 7.60. The summed E-state index contributed by atoms with van der Waals surface area (Å²) in [5, 5.41) is 61.9. The van der Waals surface area contributed by atoms with E-state index in [9.17, 15) is 30.3 Å². The Labute approximate surface area is 410 Å². The van der Waals surface area contributed by atoms with E-state index < -0.39 is 95.5 Å². The molecule has 3 saturated heterocycles. The monoisotopic (exact) mass is 1000 g/mol. The quantitative estimate of drug-likeness (QED) is 0.195. The topological polar surface area (TPSA) is 189 Å². The lowest BCUT2D eigenvalue weighted by molar-refractivity contribution is -0.338. The summed E-state index contributed by atoms with van der Waals surface area (Å²) in [6, 6.07) is -0.865. The van der Waals surface area contributed by atoms with Crippen LogP contribution in [0.1, 0.15) is 108 Å². The molecule has 368 valence electrons. The summed E-state index contributed by atoms with van der Waals surface area (Å²) in [5.41, 5.74) is -5.77. The molecule has 0 aromatic carbocycles. The second kappa shape index (κ2) is 28.6. The predicted octanol–water partition coefficient (Wildman–Crippen LogP) is 3.13. The molecule has 3 heterocycles. The second-order valence-corrected chi connectivity index (χ2v) is 17.4. The van der Waals surface area contributed by atoms with E-state index in [0.29, 0.717) is 19.4 Å². The van der Waals surface area contributed by atoms with E-state index in [1.54, 1.807) is 41.5 Å². The van der Waals surface area contributed by atoms with Gasteiger partial charge in [0.25, 0.3) is 0 Å². The first-order valence-corrected chi connectivity index (χ1v) is 19.7. The molecular weight excluding hydrogens is 913 g/mol. The maximum atomic E-state index is 14.2. The highest BCUT2D eigenvalue weighted by Crippen LogP contribution is 2.44. The standard InChI is InChI=1S/C39H74N2O12.7H2S/c1-15-28-38(11,46)32(43)25(7)40-20-21(3)18-36(9,45)33(53-35-30(42)27(41(12)13)17-22(4)49-35)23(5)31(24(6)34(44)51-28)52-29-19-37(10,48-14)39(47,16-2)26(8)50-29;;;;;;;/h21-33,35,40,42-43,45-47H,15-20H2,1-14H3;7*1H2/t21-,22-,23+,24-,25?,26+,27+,28-,29+,30-,31+,32-,33-,35+,36-,37?,38-,39?;;;;;;;/m1......./s1. The number of nitrogens with zero attached hydrogens (tertiary/aromatic N) is 1. The highest BCUT2D eigenvalue weighted by atomic mass is 32.1. The van der Waals surface area contributed by atoms with Crippen LogP contribution >= 0.6 is 94.5 Å². The van der Waals surface area contributed by atoms with Crippen molar-refractivity contribution in [2.75, 3.05) is 27.7 Å². The van der Waals surface area contributed by atoms with Crippen LogP contribution in [-0.4, -0.2) is 154 Å². The van der Waals surface area contributed by atoms with E-state index in [1.807, 2.05) is 46.7 Å². The molecule has 0 aromatic heterocycles. The average Bonchev–Trinajstić information content (AvgIpc) is 3.08. The van der Waals surface area contributed by atoms with Gasteiger partial charge in [0.2, 0.25) is 0 Å². The molecule has 0 aliphatic carbocycles. The molecule has 3 rings (SSSR count). The van der Waals surface area contributed by atoms with Crippen molar-refractivity contribution in [2.24, 2.45) is 17.8 Å². The van der Waals surface area contributed by atoms with Gasteiger partial charge < -0.3 is 64.2 Å². The van der Waals surface area contributed by atoms with Gasteiger partial charge in [-0.3, -0.25) is 4.79 Å². The van der Waals surface area contributed by atoms with Gasteiger partial charge in [-0.2, -0.15) is 94.5 Å². The number of carbonyl (C=O) groups is 1. The van der Waals surface area contributed by atoms with Crippen LogP contribution in [0, 0.1) is 17.8 Å². The minimum Gasteiger partial charge on any atom is -0.459 e. The number of ether oxygens (including phenoxy) is 6. The van der Waals surface area contributed by atoms with E-state index in [0.717, 1.165) is 0 Å². The van der Waals surface area contributed by atoms with E-state index >= 15 is 0 Å². The number of rotatable bonds is 8. The first-order valence-electron chi connectivity index (χ1n) is 19.7. The van der Waals surface area contributed by atoms with Crippen molar-refractivity contribution in [3.63, 3.8) is 0 Å². The third-order valence-electron chi connectivity index (χ3n) is 12.7. The average molecular weight is 1000 g/mol. The molecule has 3 fully saturated rings. The molecule has 0 radical (unpaired) electrons. The zero-order valence-electron chi connectivity index (χ0n) is 38.4. The van der Waals surface area contributed by atoms with Gasteiger partial charge in [0.15, 0.2) is 12.6 Å². The number of hydrogen-bond donors (Lipinski definition) is 6. The highest BCUT2D eigenvalue weighted by Gasteiger charge is 2.57. The Morgan fingerprint density at radius 2 is 1.40 bits per heavy atom. The first kappa shape index (κ1) is 70.5. The zero-order chi connectivity index (χ0) is 40.4. The van der Waals surface area contributed by atoms with Crippen LogP contribution < -0.4 is 5.32 Å². The Kier molecular flexibility index (Phi) is 33.6. The molecule has 3 unspecified atom stereocenters. The smallest absolute Gasteiger partial charge is 0.311 e. The van der Waals surface area contributed by atoms with Crippen LogP contribution in [0.4, 0.5) is 0 Å². The number of aliphatic hydroxyl groups excluding tert-OH is 2. The van der Waals surface area contributed by atoms with E-state index in [4.69, 9.17) is 28.4 Å². The number of aliphatic hydroxyl groups is 5. The van der Waals surface area contributed by atoms with Crippen LogP contribution in [0.15, 0.2) is 0 Å². The maximum absolute atomic E-state index is 14.2. The first-order chi connectivity index (χ1) is 24.4. The number of esters is 1. The number of likely N-dealkylation sites (N-methyl/N-ethyl adjacent to an activating group) is 1. The Bertz CT molecular complexity index is 1210. The Morgan fingerprint density at radius 3 is 1.88 bits per heavy atom. The second-order valence-electron chi connectivity index (χ2n) is 17.4. The van der Waals surface area contributed by atoms with Crippen molar-refractivity contribution in [3.8, 4) is 0 Å². The molecule has 3 aliphatic heterocycles. The number of nitrogens with one attached hydrogen (secondary N) is 1. The van der Waals surface area contributed by atoms with Gasteiger partial charge >= 0.3 is 5.97 Å². The van der Waals surface area contributed by atoms with Gasteiger partial charge in [0, 0.05) is 31.5 Å². The molecule has 18 atom stereocenters. The Hall–Kier alpha value is 1.44. The molecule has 21 heteroatoms. The van der Waals surface area contributed by atoms with Gasteiger partial charge in [-0.15, -0.1) is 0 Å². The fraction of sp³-hybridized carbons (Fsp3) is 0.974. The Morgan fingerprint density at radius 1 is 0.850 bits per heavy atom. The molecule has 0 bridgehead atoms. The number of carbonyl (C=O) groups excluding carboxylic acids is 1. The maximum Gasteiger partial charge on any atom is 0.311 e. The lowest BCUT2D eigenvalue weighted by atomic mass is 9.74. The predicted molar refractivity (Wildman–Crippen MR) is 271 cm³/mol. The molecule has 0 aromatic rings. The minimum atomic E-state index is -1.81. The SMILES string of the molecule is CC[C@H]1OC(=O)[C@H](C)[C@@H](O[C@H]2CC(C)(OC)C(O)(CC)[C@H](C)O2)[C@H](C)[C@@H](O[C@@H]2O[C@H](C)C[C@H](N(C)C)[C@H]2O)[C@](C)(O)C[C@@H](C)CNC(C)[C@@H](O)[C@]1(C)O.S.S.S.S.S.S.S. The fourth-order valence-electron chi connectivity index (χ4n) is 9.08. The van der Waals surface area contributed by atoms with Crippen LogP contribution in [-0.2, 0) is 33.2 Å². The van der Waals surface area contributed by atoms with Crippen LogP contribution in [0.3, 0.4) is 0 Å². The van der Waals surface area contributed by atoms with Gasteiger partial charge in [0.1, 0.15) is 35.1 Å². The van der Waals surface area contributed by atoms with Crippen molar-refractivity contribution in [3.05, 3.63) is 0 Å².